The van der Waals surface area contributed by atoms with Crippen LogP contribution in [-0.2, 0) is 19.1 Å². The molecule has 4 nitrogen and oxygen atoms in total. The number of carbonyl (C=O) groups excluding carboxylic acids is 2. The molecule has 1 saturated heterocycles. The lowest BCUT2D eigenvalue weighted by molar-refractivity contribution is -0.147. The summed E-state index contributed by atoms with van der Waals surface area (Å²) in [5.74, 6) is -0.0113. The third-order valence-corrected chi connectivity index (χ3v) is 2.79. The van der Waals surface area contributed by atoms with Crippen LogP contribution >= 0.6 is 24.0 Å². The molecule has 0 N–H and O–H groups in total. The zero-order chi connectivity index (χ0) is 10.6. The van der Waals surface area contributed by atoms with Crippen molar-refractivity contribution in [3.05, 3.63) is 0 Å². The highest BCUT2D eigenvalue weighted by molar-refractivity contribution is 8.22. The maximum absolute atomic E-state index is 11.0. The summed E-state index contributed by atoms with van der Waals surface area (Å²) in [6, 6.07) is 0. The second-order valence-electron chi connectivity index (χ2n) is 2.86. The van der Waals surface area contributed by atoms with Crippen LogP contribution in [0, 0.1) is 0 Å². The van der Waals surface area contributed by atoms with Gasteiger partial charge in [0.05, 0.1) is 0 Å². The zero-order valence-corrected chi connectivity index (χ0v) is 9.28. The Bertz CT molecular complexity index is 264. The zero-order valence-electron chi connectivity index (χ0n) is 7.65. The largest absolute Gasteiger partial charge is 0.471 e. The quantitative estimate of drug-likeness (QED) is 0.410. The molecule has 0 saturated carbocycles. The molecule has 1 unspecified atom stereocenters. The van der Waals surface area contributed by atoms with Crippen molar-refractivity contribution in [2.75, 3.05) is 12.4 Å². The van der Waals surface area contributed by atoms with Crippen molar-refractivity contribution in [2.45, 2.75) is 19.4 Å². The maximum atomic E-state index is 11.0. The fraction of sp³-hybridized carbons (Fsp3) is 0.625. The molecule has 1 heterocycles. The first kappa shape index (κ1) is 11.5. The number of rotatable bonds is 4. The van der Waals surface area contributed by atoms with Gasteiger partial charge in [-0.05, 0) is 19.1 Å². The number of thiocarbonyl (C=S) groups is 1. The van der Waals surface area contributed by atoms with Crippen LogP contribution in [0.5, 0.6) is 0 Å². The first-order valence-electron chi connectivity index (χ1n) is 4.06. The molecule has 0 aromatic rings. The summed E-state index contributed by atoms with van der Waals surface area (Å²) >= 11 is 6.21. The van der Waals surface area contributed by atoms with Gasteiger partial charge in [0.15, 0.2) is 0 Å². The minimum absolute atomic E-state index is 0.164. The number of ketones is 1. The topological polar surface area (TPSA) is 52.6 Å². The Hall–Kier alpha value is -0.620. The summed E-state index contributed by atoms with van der Waals surface area (Å²) in [7, 11) is 0. The average Bonchev–Trinajstić information content (AvgIpc) is 2.47. The number of Topliss-reactive ketones (excluding diaryl/α,β-unsaturated/α-hetero) is 1. The van der Waals surface area contributed by atoms with E-state index in [2.05, 4.69) is 0 Å². The predicted molar refractivity (Wildman–Crippen MR) is 56.2 cm³/mol. The normalized spacial score (nSPS) is 20.4. The molecule has 14 heavy (non-hydrogen) atoms. The van der Waals surface area contributed by atoms with E-state index in [1.54, 1.807) is 0 Å². The van der Waals surface area contributed by atoms with Gasteiger partial charge in [-0.3, -0.25) is 9.59 Å². The van der Waals surface area contributed by atoms with E-state index in [1.807, 2.05) is 0 Å². The monoisotopic (exact) mass is 234 g/mol. The summed E-state index contributed by atoms with van der Waals surface area (Å²) in [5.41, 5.74) is 0. The fourth-order valence-corrected chi connectivity index (χ4v) is 1.92. The number of hydrogen-bond acceptors (Lipinski definition) is 6. The molecule has 0 amide bonds. The Morgan fingerprint density at radius 2 is 2.43 bits per heavy atom. The van der Waals surface area contributed by atoms with Gasteiger partial charge in [0, 0.05) is 5.75 Å². The van der Waals surface area contributed by atoms with Crippen LogP contribution in [-0.4, -0.2) is 34.6 Å². The van der Waals surface area contributed by atoms with Crippen LogP contribution in [0.1, 0.15) is 13.3 Å². The molecule has 1 rings (SSSR count). The van der Waals surface area contributed by atoms with Crippen molar-refractivity contribution in [1.82, 2.24) is 0 Å². The standard InChI is InChI=1S/C8H10O4S2/c1-5(9)2-7(10)11-3-6-4-14-8(13)12-6/h6H,2-4H2,1H3. The van der Waals surface area contributed by atoms with E-state index >= 15 is 0 Å². The molecule has 1 aliphatic rings. The van der Waals surface area contributed by atoms with Crippen LogP contribution in [0.15, 0.2) is 0 Å². The van der Waals surface area contributed by atoms with Crippen LogP contribution in [0.2, 0.25) is 0 Å². The molecule has 0 spiro atoms. The second-order valence-corrected chi connectivity index (χ2v) is 4.48. The highest BCUT2D eigenvalue weighted by Gasteiger charge is 2.22. The van der Waals surface area contributed by atoms with Crippen LogP contribution in [0.25, 0.3) is 0 Å². The second kappa shape index (κ2) is 5.31. The van der Waals surface area contributed by atoms with Crippen molar-refractivity contribution in [3.8, 4) is 0 Å². The van der Waals surface area contributed by atoms with Gasteiger partial charge in [0.2, 0.25) is 4.38 Å². The maximum Gasteiger partial charge on any atom is 0.313 e. The summed E-state index contributed by atoms with van der Waals surface area (Å²) < 4.78 is 10.5. The third-order valence-electron chi connectivity index (χ3n) is 1.47. The molecule has 0 bridgehead atoms. The highest BCUT2D eigenvalue weighted by Crippen LogP contribution is 2.20. The van der Waals surface area contributed by atoms with Gasteiger partial charge in [-0.15, -0.1) is 0 Å². The molecule has 1 aliphatic heterocycles. The molecule has 0 radical (unpaired) electrons. The van der Waals surface area contributed by atoms with Gasteiger partial charge >= 0.3 is 5.97 Å². The summed E-state index contributed by atoms with van der Waals surface area (Å²) in [6.07, 6.45) is -0.340. The lowest BCUT2D eigenvalue weighted by Crippen LogP contribution is -2.21. The van der Waals surface area contributed by atoms with Gasteiger partial charge in [0.1, 0.15) is 24.9 Å². The summed E-state index contributed by atoms with van der Waals surface area (Å²) in [5, 5.41) is 0. The molecule has 1 atom stereocenters. The Labute approximate surface area is 91.3 Å². The lowest BCUT2D eigenvalue weighted by atomic mass is 10.3. The van der Waals surface area contributed by atoms with Gasteiger partial charge in [-0.1, -0.05) is 11.8 Å². The average molecular weight is 234 g/mol. The van der Waals surface area contributed by atoms with Crippen LogP contribution < -0.4 is 0 Å². The SMILES string of the molecule is CC(=O)CC(=O)OCC1CSC(=S)O1. The first-order valence-corrected chi connectivity index (χ1v) is 5.46. The minimum atomic E-state index is -0.510. The van der Waals surface area contributed by atoms with E-state index in [0.717, 1.165) is 0 Å². The van der Waals surface area contributed by atoms with Crippen molar-refractivity contribution < 1.29 is 19.1 Å². The molecule has 1 fully saturated rings. The Morgan fingerprint density at radius 3 is 2.93 bits per heavy atom. The Balaban J connectivity index is 2.17. The van der Waals surface area contributed by atoms with Crippen LogP contribution in [0.3, 0.4) is 0 Å². The molecule has 0 aromatic heterocycles. The molecule has 0 aromatic carbocycles. The summed E-state index contributed by atoms with van der Waals surface area (Å²) in [6.45, 7) is 1.51. The fourth-order valence-electron chi connectivity index (χ4n) is 0.887. The number of esters is 1. The van der Waals surface area contributed by atoms with Gasteiger partial charge in [0.25, 0.3) is 0 Å². The third kappa shape index (κ3) is 4.06. The molecule has 6 heteroatoms. The molecular weight excluding hydrogens is 224 g/mol. The van der Waals surface area contributed by atoms with E-state index in [1.165, 1.54) is 18.7 Å². The molecule has 78 valence electrons. The Morgan fingerprint density at radius 1 is 1.71 bits per heavy atom. The van der Waals surface area contributed by atoms with Gasteiger partial charge in [-0.25, -0.2) is 0 Å². The number of ether oxygens (including phenoxy) is 2. The van der Waals surface area contributed by atoms with E-state index in [9.17, 15) is 9.59 Å². The number of carbonyl (C=O) groups is 2. The van der Waals surface area contributed by atoms with E-state index < -0.39 is 5.97 Å². The van der Waals surface area contributed by atoms with Crippen molar-refractivity contribution in [2.24, 2.45) is 0 Å². The molecule has 0 aliphatic carbocycles. The first-order chi connectivity index (χ1) is 6.58. The van der Waals surface area contributed by atoms with E-state index in [-0.39, 0.29) is 24.9 Å². The Kier molecular flexibility index (Phi) is 4.34. The van der Waals surface area contributed by atoms with Crippen LogP contribution in [0.4, 0.5) is 0 Å². The van der Waals surface area contributed by atoms with Gasteiger partial charge in [-0.2, -0.15) is 0 Å². The van der Waals surface area contributed by atoms with Gasteiger partial charge < -0.3 is 9.47 Å². The lowest BCUT2D eigenvalue weighted by Gasteiger charge is -2.08. The molecular formula is C8H10O4S2. The van der Waals surface area contributed by atoms with E-state index in [4.69, 9.17) is 21.7 Å². The highest BCUT2D eigenvalue weighted by atomic mass is 32.2. The minimum Gasteiger partial charge on any atom is -0.471 e. The van der Waals surface area contributed by atoms with Crippen molar-refractivity contribution >= 4 is 40.1 Å². The predicted octanol–water partition coefficient (Wildman–Crippen LogP) is 0.926. The van der Waals surface area contributed by atoms with E-state index in [0.29, 0.717) is 10.1 Å². The smallest absolute Gasteiger partial charge is 0.313 e. The summed E-state index contributed by atoms with van der Waals surface area (Å²) in [4.78, 5) is 21.5. The van der Waals surface area contributed by atoms with Crippen molar-refractivity contribution in [3.63, 3.8) is 0 Å². The number of thioether (sulfide) groups is 1. The number of hydrogen-bond donors (Lipinski definition) is 0. The van der Waals surface area contributed by atoms with Crippen molar-refractivity contribution in [1.29, 1.82) is 0 Å².